The predicted molar refractivity (Wildman–Crippen MR) is 124 cm³/mol. The maximum Gasteiger partial charge on any atom is 0.223 e. The van der Waals surface area contributed by atoms with Crippen molar-refractivity contribution in [1.82, 2.24) is 10.2 Å². The fraction of sp³-hybridized carbons (Fsp3) is 0.269. The molecule has 166 valence electrons. The third-order valence-electron chi connectivity index (χ3n) is 5.71. The van der Waals surface area contributed by atoms with Crippen LogP contribution >= 0.6 is 11.6 Å². The molecule has 1 N–H and O–H groups in total. The van der Waals surface area contributed by atoms with E-state index in [9.17, 15) is 9.18 Å². The molecule has 0 unspecified atom stereocenters. The van der Waals surface area contributed by atoms with Gasteiger partial charge >= 0.3 is 0 Å². The molecule has 0 radical (unpaired) electrons. The van der Waals surface area contributed by atoms with Crippen LogP contribution in [0.3, 0.4) is 0 Å². The highest BCUT2D eigenvalue weighted by molar-refractivity contribution is 6.32. The van der Waals surface area contributed by atoms with Crippen molar-refractivity contribution in [3.63, 3.8) is 0 Å². The number of benzene rings is 3. The number of ether oxygens (including phenoxy) is 1. The van der Waals surface area contributed by atoms with Gasteiger partial charge < -0.3 is 10.1 Å². The van der Waals surface area contributed by atoms with Crippen molar-refractivity contribution in [2.24, 2.45) is 5.92 Å². The third kappa shape index (κ3) is 6.09. The highest BCUT2D eigenvalue weighted by atomic mass is 35.5. The molecule has 4 nitrogen and oxygen atoms in total. The van der Waals surface area contributed by atoms with Crippen molar-refractivity contribution in [2.75, 3.05) is 13.1 Å². The first-order valence-electron chi connectivity index (χ1n) is 10.8. The zero-order valence-electron chi connectivity index (χ0n) is 17.8. The number of hydrogen-bond donors (Lipinski definition) is 1. The van der Waals surface area contributed by atoms with Gasteiger partial charge in [0.1, 0.15) is 17.3 Å². The van der Waals surface area contributed by atoms with Gasteiger partial charge in [-0.3, -0.25) is 9.69 Å². The van der Waals surface area contributed by atoms with Gasteiger partial charge in [-0.1, -0.05) is 48.0 Å². The highest BCUT2D eigenvalue weighted by Gasteiger charge is 2.24. The first kappa shape index (κ1) is 22.3. The summed E-state index contributed by atoms with van der Waals surface area (Å²) in [4.78, 5) is 14.9. The van der Waals surface area contributed by atoms with Crippen molar-refractivity contribution >= 4 is 17.5 Å². The van der Waals surface area contributed by atoms with Gasteiger partial charge in [0.25, 0.3) is 0 Å². The Labute approximate surface area is 193 Å². The molecule has 1 amide bonds. The fourth-order valence-corrected chi connectivity index (χ4v) is 4.08. The quantitative estimate of drug-likeness (QED) is 0.492. The number of hydrogen-bond acceptors (Lipinski definition) is 3. The van der Waals surface area contributed by atoms with Crippen LogP contribution in [0.25, 0.3) is 0 Å². The molecule has 3 aromatic carbocycles. The summed E-state index contributed by atoms with van der Waals surface area (Å²) < 4.78 is 18.9. The van der Waals surface area contributed by atoms with Gasteiger partial charge in [0.15, 0.2) is 0 Å². The van der Waals surface area contributed by atoms with Crippen LogP contribution in [0.2, 0.25) is 5.02 Å². The van der Waals surface area contributed by atoms with Crippen LogP contribution in [0.5, 0.6) is 11.5 Å². The Balaban J connectivity index is 1.25. The minimum atomic E-state index is -0.270. The normalized spacial score (nSPS) is 14.8. The maximum absolute atomic E-state index is 13.0. The third-order valence-corrected chi connectivity index (χ3v) is 6.02. The summed E-state index contributed by atoms with van der Waals surface area (Å²) >= 11 is 6.19. The van der Waals surface area contributed by atoms with Gasteiger partial charge in [0, 0.05) is 19.0 Å². The molecule has 0 saturated carbocycles. The second-order valence-corrected chi connectivity index (χ2v) is 8.48. The summed E-state index contributed by atoms with van der Waals surface area (Å²) in [5.41, 5.74) is 2.06. The number of piperidine rings is 1. The minimum Gasteiger partial charge on any atom is -0.456 e. The summed E-state index contributed by atoms with van der Waals surface area (Å²) in [6, 6.07) is 21.7. The maximum atomic E-state index is 13.0. The van der Waals surface area contributed by atoms with E-state index in [1.165, 1.54) is 12.1 Å². The highest BCUT2D eigenvalue weighted by Crippen LogP contribution is 2.29. The van der Waals surface area contributed by atoms with E-state index in [2.05, 4.69) is 16.3 Å². The van der Waals surface area contributed by atoms with Crippen LogP contribution in [0.1, 0.15) is 24.0 Å². The summed E-state index contributed by atoms with van der Waals surface area (Å²) in [5, 5.41) is 3.56. The van der Waals surface area contributed by atoms with Crippen LogP contribution in [-0.2, 0) is 17.9 Å². The SMILES string of the molecule is O=C(NCc1ccc(F)cc1)C1CCN(Cc2cccc(Oc3ccccc3Cl)c2)CC1. The molecular weight excluding hydrogens is 427 g/mol. The lowest BCUT2D eigenvalue weighted by Crippen LogP contribution is -2.40. The summed E-state index contributed by atoms with van der Waals surface area (Å²) in [6.07, 6.45) is 1.65. The van der Waals surface area contributed by atoms with Gasteiger partial charge in [-0.25, -0.2) is 4.39 Å². The second-order valence-electron chi connectivity index (χ2n) is 8.07. The molecule has 4 rings (SSSR count). The molecule has 1 fully saturated rings. The van der Waals surface area contributed by atoms with Crippen LogP contribution in [-0.4, -0.2) is 23.9 Å². The Hall–Kier alpha value is -2.89. The van der Waals surface area contributed by atoms with Crippen LogP contribution in [0.4, 0.5) is 4.39 Å². The van der Waals surface area contributed by atoms with E-state index in [4.69, 9.17) is 16.3 Å². The number of carbonyl (C=O) groups is 1. The van der Waals surface area contributed by atoms with Crippen LogP contribution in [0.15, 0.2) is 72.8 Å². The predicted octanol–water partition coefficient (Wildman–Crippen LogP) is 5.80. The van der Waals surface area contributed by atoms with E-state index in [0.29, 0.717) is 17.3 Å². The Kier molecular flexibility index (Phi) is 7.40. The Morgan fingerprint density at radius 2 is 1.75 bits per heavy atom. The van der Waals surface area contributed by atoms with Crippen LogP contribution in [0, 0.1) is 11.7 Å². The van der Waals surface area contributed by atoms with Gasteiger partial charge in [0.2, 0.25) is 5.91 Å². The average molecular weight is 453 g/mol. The molecule has 1 heterocycles. The fourth-order valence-electron chi connectivity index (χ4n) is 3.91. The molecule has 0 atom stereocenters. The molecule has 0 aliphatic carbocycles. The number of amides is 1. The van der Waals surface area contributed by atoms with Gasteiger partial charge in [-0.05, 0) is 73.5 Å². The first-order chi connectivity index (χ1) is 15.6. The molecule has 1 aliphatic rings. The molecule has 0 aromatic heterocycles. The molecule has 6 heteroatoms. The summed E-state index contributed by atoms with van der Waals surface area (Å²) in [7, 11) is 0. The van der Waals surface area contributed by atoms with Gasteiger partial charge in [0.05, 0.1) is 5.02 Å². The molecule has 32 heavy (non-hydrogen) atoms. The molecule has 3 aromatic rings. The zero-order chi connectivity index (χ0) is 22.3. The second kappa shape index (κ2) is 10.6. The van der Waals surface area contributed by atoms with Crippen molar-refractivity contribution in [1.29, 1.82) is 0 Å². The Morgan fingerprint density at radius 1 is 1.00 bits per heavy atom. The molecule has 0 bridgehead atoms. The van der Waals surface area contributed by atoms with E-state index >= 15 is 0 Å². The van der Waals surface area contributed by atoms with Crippen molar-refractivity contribution in [2.45, 2.75) is 25.9 Å². The largest absolute Gasteiger partial charge is 0.456 e. The summed E-state index contributed by atoms with van der Waals surface area (Å²) in [5.74, 6) is 1.21. The number of para-hydroxylation sites is 1. The number of halogens is 2. The zero-order valence-corrected chi connectivity index (χ0v) is 18.5. The molecule has 0 spiro atoms. The van der Waals surface area contributed by atoms with E-state index in [1.807, 2.05) is 36.4 Å². The van der Waals surface area contributed by atoms with E-state index < -0.39 is 0 Å². The lowest BCUT2D eigenvalue weighted by Gasteiger charge is -2.31. The van der Waals surface area contributed by atoms with Crippen molar-refractivity contribution in [3.8, 4) is 11.5 Å². The van der Waals surface area contributed by atoms with Gasteiger partial charge in [-0.15, -0.1) is 0 Å². The number of nitrogens with one attached hydrogen (secondary N) is 1. The molecular formula is C26H26ClFN2O2. The lowest BCUT2D eigenvalue weighted by atomic mass is 9.95. The minimum absolute atomic E-state index is 0.0154. The average Bonchev–Trinajstić information content (AvgIpc) is 2.81. The summed E-state index contributed by atoms with van der Waals surface area (Å²) in [6.45, 7) is 2.97. The number of nitrogens with zero attached hydrogens (tertiary/aromatic N) is 1. The Bertz CT molecular complexity index is 1050. The smallest absolute Gasteiger partial charge is 0.223 e. The first-order valence-corrected chi connectivity index (χ1v) is 11.2. The topological polar surface area (TPSA) is 41.6 Å². The molecule has 1 aliphatic heterocycles. The van der Waals surface area contributed by atoms with E-state index in [-0.39, 0.29) is 17.6 Å². The Morgan fingerprint density at radius 3 is 2.50 bits per heavy atom. The number of carbonyl (C=O) groups excluding carboxylic acids is 1. The van der Waals surface area contributed by atoms with E-state index in [1.54, 1.807) is 18.2 Å². The monoisotopic (exact) mass is 452 g/mol. The van der Waals surface area contributed by atoms with E-state index in [0.717, 1.165) is 49.4 Å². The van der Waals surface area contributed by atoms with Gasteiger partial charge in [-0.2, -0.15) is 0 Å². The lowest BCUT2D eigenvalue weighted by molar-refractivity contribution is -0.126. The van der Waals surface area contributed by atoms with Crippen LogP contribution < -0.4 is 10.1 Å². The van der Waals surface area contributed by atoms with Crippen molar-refractivity contribution in [3.05, 3.63) is 94.8 Å². The van der Waals surface area contributed by atoms with Crippen molar-refractivity contribution < 1.29 is 13.9 Å². The standard InChI is InChI=1S/C26H26ClFN2O2/c27-24-6-1-2-7-25(24)32-23-5-3-4-20(16-23)18-30-14-12-21(13-15-30)26(31)29-17-19-8-10-22(28)11-9-19/h1-11,16,21H,12-15,17-18H2,(H,29,31). The molecule has 1 saturated heterocycles. The number of rotatable bonds is 7. The number of likely N-dealkylation sites (tertiary alicyclic amines) is 1.